The van der Waals surface area contributed by atoms with Crippen molar-refractivity contribution < 1.29 is 38.2 Å². The van der Waals surface area contributed by atoms with Gasteiger partial charge in [0.1, 0.15) is 18.4 Å². The number of hydrazine groups is 1. The van der Waals surface area contributed by atoms with Crippen LogP contribution in [0.1, 0.15) is 78.2 Å². The molecule has 17 nitrogen and oxygen atoms in total. The largest absolute Gasteiger partial charge is 0.464 e. The summed E-state index contributed by atoms with van der Waals surface area (Å²) in [4.78, 5) is 88.9. The number of nitrogens with zero attached hydrogens (tertiary/aromatic N) is 7. The number of aldehydes is 1. The number of carbonyl (C=O) groups excluding carboxylic acids is 6. The SMILES string of the molecule is C=CC(=O)N1CCC(C=O)C1.CCn1c(-c2cccnc2C(C)OC)c2c3cc(ccc31)N1CCN(CC(NC(=O)C(C(C)C)N(C)C)C(=O)N3CCC[C@H](N3)C(=O)OCC(C)(C)C2)C1=O. The first kappa shape index (κ1) is 49.8. The van der Waals surface area contributed by atoms with Gasteiger partial charge in [0.2, 0.25) is 11.8 Å². The zero-order valence-electron chi connectivity index (χ0n) is 40.2. The predicted octanol–water partition coefficient (Wildman–Crippen LogP) is 4.58. The molecule has 3 fully saturated rings. The average molecular weight is 912 g/mol. The standard InChI is InChI=1S/C41H58N8O6.C8H11NO2/c1-10-47-33-16-15-27-21-29(33)30(36(47)28-13-11-17-42-34(28)26(4)54-9)22-41(5,6)24-55-39(52)31-14-12-18-49(44-31)38(51)32(23-46-19-20-48(27)40(46)53)43-37(50)35(25(2)3)45(7)8;1-2-8(11)9-4-3-7(5-9)6-10/h11,13,15-17,21,25-26,31-32,35,44H,10,12,14,18-20,22-24H2,1-9H3,(H,43,50);2,6-7H,1,3-5H2/t26?,31-,32?,35?;/m0./s1. The number of fused-ring (bicyclic) bond motifs is 6. The summed E-state index contributed by atoms with van der Waals surface area (Å²) in [5.74, 6) is -1.21. The maximum Gasteiger partial charge on any atom is 0.324 e. The molecule has 4 aliphatic rings. The van der Waals surface area contributed by atoms with E-state index in [1.54, 1.807) is 28.0 Å². The number of benzene rings is 1. The number of anilines is 1. The Labute approximate surface area is 388 Å². The minimum Gasteiger partial charge on any atom is -0.464 e. The monoisotopic (exact) mass is 912 g/mol. The van der Waals surface area contributed by atoms with Crippen molar-refractivity contribution in [3.05, 3.63) is 60.4 Å². The number of aromatic nitrogens is 2. The number of methoxy groups -OCH3 is 1. The molecule has 6 heterocycles. The van der Waals surface area contributed by atoms with E-state index in [9.17, 15) is 28.8 Å². The Kier molecular flexibility index (Phi) is 16.1. The molecule has 0 spiro atoms. The van der Waals surface area contributed by atoms with Gasteiger partial charge >= 0.3 is 12.0 Å². The van der Waals surface area contributed by atoms with Crippen LogP contribution in [0.25, 0.3) is 22.2 Å². The number of carbonyl (C=O) groups is 6. The molecule has 17 heteroatoms. The van der Waals surface area contributed by atoms with Gasteiger partial charge in [0.15, 0.2) is 0 Å². The van der Waals surface area contributed by atoms with Gasteiger partial charge in [0.25, 0.3) is 5.91 Å². The highest BCUT2D eigenvalue weighted by Crippen LogP contribution is 2.42. The number of hydrogen-bond donors (Lipinski definition) is 2. The first-order chi connectivity index (χ1) is 31.4. The van der Waals surface area contributed by atoms with Crippen LogP contribution in [0.15, 0.2) is 49.2 Å². The maximum absolute atomic E-state index is 14.3. The highest BCUT2D eigenvalue weighted by molar-refractivity contribution is 6.00. The summed E-state index contributed by atoms with van der Waals surface area (Å²) in [5.41, 5.74) is 8.23. The first-order valence-electron chi connectivity index (χ1n) is 23.2. The highest BCUT2D eigenvalue weighted by Gasteiger charge is 2.40. The molecule has 1 aromatic carbocycles. The van der Waals surface area contributed by atoms with E-state index >= 15 is 0 Å². The molecular weight excluding hydrogens is 843 g/mol. The van der Waals surface area contributed by atoms with E-state index in [-0.39, 0.29) is 48.9 Å². The van der Waals surface area contributed by atoms with Crippen molar-refractivity contribution in [2.24, 2.45) is 17.3 Å². The summed E-state index contributed by atoms with van der Waals surface area (Å²) in [6, 6.07) is 7.62. The van der Waals surface area contributed by atoms with E-state index in [0.29, 0.717) is 58.5 Å². The van der Waals surface area contributed by atoms with Gasteiger partial charge in [-0.15, -0.1) is 0 Å². The number of aryl methyl sites for hydroxylation is 1. The van der Waals surface area contributed by atoms with Gasteiger partial charge in [0, 0.05) is 86.1 Å². The molecule has 5 amide bonds. The van der Waals surface area contributed by atoms with E-state index in [1.165, 1.54) is 11.1 Å². The summed E-state index contributed by atoms with van der Waals surface area (Å²) in [6.07, 6.45) is 6.14. The van der Waals surface area contributed by atoms with Gasteiger partial charge in [-0.1, -0.05) is 34.3 Å². The Morgan fingerprint density at radius 2 is 1.83 bits per heavy atom. The fourth-order valence-electron chi connectivity index (χ4n) is 9.66. The summed E-state index contributed by atoms with van der Waals surface area (Å²) in [7, 11) is 5.34. The van der Waals surface area contributed by atoms with E-state index < -0.39 is 35.4 Å². The van der Waals surface area contributed by atoms with Crippen LogP contribution in [0, 0.1) is 17.3 Å². The molecule has 0 radical (unpaired) electrons. The van der Waals surface area contributed by atoms with E-state index in [0.717, 1.165) is 51.8 Å². The Hall–Kier alpha value is -5.65. The van der Waals surface area contributed by atoms with Crippen molar-refractivity contribution in [2.75, 3.05) is 72.0 Å². The number of hydrogen-bond acceptors (Lipinski definition) is 11. The van der Waals surface area contributed by atoms with Gasteiger partial charge in [-0.2, -0.15) is 0 Å². The second-order valence-corrected chi connectivity index (χ2v) is 19.1. The van der Waals surface area contributed by atoms with Crippen molar-refractivity contribution in [3.63, 3.8) is 0 Å². The Morgan fingerprint density at radius 1 is 1.08 bits per heavy atom. The lowest BCUT2D eigenvalue weighted by Crippen LogP contribution is -2.63. The lowest BCUT2D eigenvalue weighted by molar-refractivity contribution is -0.155. The zero-order chi connectivity index (χ0) is 48.0. The van der Waals surface area contributed by atoms with Gasteiger partial charge in [0.05, 0.1) is 36.7 Å². The highest BCUT2D eigenvalue weighted by atomic mass is 16.5. The van der Waals surface area contributed by atoms with Crippen molar-refractivity contribution in [2.45, 2.75) is 98.0 Å². The fourth-order valence-corrected chi connectivity index (χ4v) is 9.66. The fraction of sp³-hybridized carbons (Fsp3) is 0.571. The first-order valence-corrected chi connectivity index (χ1v) is 23.2. The Morgan fingerprint density at radius 3 is 2.48 bits per heavy atom. The van der Waals surface area contributed by atoms with Crippen LogP contribution < -0.4 is 15.6 Å². The number of ether oxygens (including phenoxy) is 2. The van der Waals surface area contributed by atoms with Crippen LogP contribution in [0.3, 0.4) is 0 Å². The number of urea groups is 1. The second kappa shape index (κ2) is 21.3. The van der Waals surface area contributed by atoms with Crippen LogP contribution >= 0.6 is 0 Å². The molecule has 0 aliphatic carbocycles. The number of amides is 5. The molecule has 2 N–H and O–H groups in total. The van der Waals surface area contributed by atoms with Crippen molar-refractivity contribution >= 4 is 52.6 Å². The third kappa shape index (κ3) is 10.8. The molecule has 0 saturated carbocycles. The van der Waals surface area contributed by atoms with E-state index in [2.05, 4.69) is 60.9 Å². The molecule has 358 valence electrons. The normalized spacial score (nSPS) is 22.2. The van der Waals surface area contributed by atoms with E-state index in [1.807, 2.05) is 51.9 Å². The number of pyridine rings is 1. The number of likely N-dealkylation sites (tertiary alicyclic amines) is 1. The van der Waals surface area contributed by atoms with Crippen LogP contribution in [0.5, 0.6) is 0 Å². The number of cyclic esters (lactones) is 1. The predicted molar refractivity (Wildman–Crippen MR) is 252 cm³/mol. The third-order valence-electron chi connectivity index (χ3n) is 13.1. The van der Waals surface area contributed by atoms with Crippen LogP contribution in [0.4, 0.5) is 10.5 Å². The topological polar surface area (TPSA) is 179 Å². The lowest BCUT2D eigenvalue weighted by atomic mass is 9.84. The van der Waals surface area contributed by atoms with Crippen LogP contribution in [-0.4, -0.2) is 150 Å². The van der Waals surface area contributed by atoms with Crippen LogP contribution in [-0.2, 0) is 46.4 Å². The Balaban J connectivity index is 0.000000574. The second-order valence-electron chi connectivity index (χ2n) is 19.1. The number of nitrogens with one attached hydrogen (secondary N) is 2. The van der Waals surface area contributed by atoms with Gasteiger partial charge in [-0.05, 0) is 102 Å². The third-order valence-corrected chi connectivity index (χ3v) is 13.1. The smallest absolute Gasteiger partial charge is 0.324 e. The molecule has 5 atom stereocenters. The van der Waals surface area contributed by atoms with Crippen molar-refractivity contribution in [3.8, 4) is 11.3 Å². The number of esters is 1. The molecule has 7 rings (SSSR count). The molecule has 6 bridgehead atoms. The molecule has 3 saturated heterocycles. The van der Waals surface area contributed by atoms with Gasteiger partial charge in [-0.3, -0.25) is 39.0 Å². The van der Waals surface area contributed by atoms with Crippen molar-refractivity contribution in [1.82, 2.24) is 40.0 Å². The molecule has 4 unspecified atom stereocenters. The van der Waals surface area contributed by atoms with E-state index in [4.69, 9.17) is 14.5 Å². The summed E-state index contributed by atoms with van der Waals surface area (Å²) < 4.78 is 14.1. The molecule has 66 heavy (non-hydrogen) atoms. The average Bonchev–Trinajstić information content (AvgIpc) is 4.02. The summed E-state index contributed by atoms with van der Waals surface area (Å²) in [6.45, 7) is 18.7. The minimum absolute atomic E-state index is 0.0229. The molecular formula is C49H69N9O8. The van der Waals surface area contributed by atoms with Crippen LogP contribution in [0.2, 0.25) is 0 Å². The zero-order valence-corrected chi connectivity index (χ0v) is 40.2. The van der Waals surface area contributed by atoms with Gasteiger partial charge < -0.3 is 34.0 Å². The maximum atomic E-state index is 14.3. The summed E-state index contributed by atoms with van der Waals surface area (Å²) >= 11 is 0. The van der Waals surface area contributed by atoms with Gasteiger partial charge in [-0.25, -0.2) is 10.2 Å². The minimum atomic E-state index is -1.05. The molecule has 4 aliphatic heterocycles. The summed E-state index contributed by atoms with van der Waals surface area (Å²) in [5, 5.41) is 5.40. The number of rotatable bonds is 10. The quantitative estimate of drug-likeness (QED) is 0.165. The molecule has 3 aromatic rings. The Bertz CT molecular complexity index is 2280. The molecule has 2 aromatic heterocycles. The number of likely N-dealkylation sites (N-methyl/N-ethyl adjacent to an activating group) is 1. The lowest BCUT2D eigenvalue weighted by Gasteiger charge is -2.37. The van der Waals surface area contributed by atoms with Crippen molar-refractivity contribution in [1.29, 1.82) is 0 Å².